The molecule has 5 rings (SSSR count). The van der Waals surface area contributed by atoms with Crippen LogP contribution in [0.1, 0.15) is 31.7 Å². The zero-order chi connectivity index (χ0) is 25.8. The van der Waals surface area contributed by atoms with Crippen LogP contribution in [0.5, 0.6) is 0 Å². The number of carbonyl (C=O) groups is 1. The molecular weight excluding hydrogens is 490 g/mol. The lowest BCUT2D eigenvalue weighted by molar-refractivity contribution is -0.118. The van der Waals surface area contributed by atoms with Gasteiger partial charge in [-0.15, -0.1) is 0 Å². The molecule has 0 bridgehead atoms. The highest BCUT2D eigenvalue weighted by molar-refractivity contribution is 7.90. The number of carbonyl (C=O) groups excluding carboxylic acids is 1. The Morgan fingerprint density at radius 3 is 2.62 bits per heavy atom. The molecular formula is C26H37N7O3S. The van der Waals surface area contributed by atoms with Gasteiger partial charge in [0.05, 0.1) is 17.0 Å². The van der Waals surface area contributed by atoms with Crippen LogP contribution in [0.25, 0.3) is 5.70 Å². The van der Waals surface area contributed by atoms with E-state index in [0.717, 1.165) is 56.8 Å². The summed E-state index contributed by atoms with van der Waals surface area (Å²) >= 11 is 0. The Bertz CT molecular complexity index is 1180. The fourth-order valence-electron chi connectivity index (χ4n) is 4.89. The molecule has 3 heterocycles. The summed E-state index contributed by atoms with van der Waals surface area (Å²) in [5.41, 5.74) is 2.82. The predicted octanol–water partition coefficient (Wildman–Crippen LogP) is 1.22. The maximum Gasteiger partial charge on any atom is 0.299 e. The van der Waals surface area contributed by atoms with Gasteiger partial charge in [-0.25, -0.2) is 0 Å². The molecule has 1 saturated carbocycles. The summed E-state index contributed by atoms with van der Waals surface area (Å²) in [6.45, 7) is 8.24. The molecule has 200 valence electrons. The summed E-state index contributed by atoms with van der Waals surface area (Å²) < 4.78 is 30.6. The second-order valence-electron chi connectivity index (χ2n) is 9.98. The van der Waals surface area contributed by atoms with E-state index in [2.05, 4.69) is 36.8 Å². The lowest BCUT2D eigenvalue weighted by atomic mass is 9.93. The van der Waals surface area contributed by atoms with Gasteiger partial charge in [-0.05, 0) is 50.1 Å². The van der Waals surface area contributed by atoms with Crippen LogP contribution < -0.4 is 20.1 Å². The van der Waals surface area contributed by atoms with Crippen molar-refractivity contribution in [2.75, 3.05) is 50.5 Å². The molecule has 4 aliphatic rings. The summed E-state index contributed by atoms with van der Waals surface area (Å²) in [5.74, 6) is -0.0478. The second-order valence-corrected chi connectivity index (χ2v) is 11.5. The van der Waals surface area contributed by atoms with Crippen molar-refractivity contribution < 1.29 is 13.2 Å². The van der Waals surface area contributed by atoms with Gasteiger partial charge in [0.15, 0.2) is 0 Å². The third-order valence-corrected chi connectivity index (χ3v) is 8.50. The van der Waals surface area contributed by atoms with Gasteiger partial charge in [-0.1, -0.05) is 19.1 Å². The van der Waals surface area contributed by atoms with E-state index in [1.807, 2.05) is 41.6 Å². The number of amides is 1. The van der Waals surface area contributed by atoms with Gasteiger partial charge in [0.1, 0.15) is 6.17 Å². The average Bonchev–Trinajstić information content (AvgIpc) is 3.30. The minimum Gasteiger partial charge on any atom is -0.360 e. The van der Waals surface area contributed by atoms with Crippen molar-refractivity contribution in [2.45, 2.75) is 38.4 Å². The Kier molecular flexibility index (Phi) is 7.84. The first kappa shape index (κ1) is 25.8. The quantitative estimate of drug-likeness (QED) is 0.362. The van der Waals surface area contributed by atoms with E-state index < -0.39 is 10.2 Å². The van der Waals surface area contributed by atoms with Crippen LogP contribution in [0.2, 0.25) is 0 Å². The first-order valence-electron chi connectivity index (χ1n) is 13.2. The van der Waals surface area contributed by atoms with Crippen LogP contribution in [0.3, 0.4) is 0 Å². The highest BCUT2D eigenvalue weighted by Gasteiger charge is 2.27. The smallest absolute Gasteiger partial charge is 0.299 e. The van der Waals surface area contributed by atoms with Crippen molar-refractivity contribution in [3.63, 3.8) is 0 Å². The summed E-state index contributed by atoms with van der Waals surface area (Å²) in [4.78, 5) is 19.2. The third-order valence-electron chi connectivity index (χ3n) is 7.41. The van der Waals surface area contributed by atoms with Crippen LogP contribution >= 0.6 is 0 Å². The van der Waals surface area contributed by atoms with Crippen LogP contribution in [0, 0.1) is 0 Å². The maximum absolute atomic E-state index is 12.6. The molecule has 0 spiro atoms. The van der Waals surface area contributed by atoms with Gasteiger partial charge in [-0.2, -0.15) is 13.1 Å². The molecule has 0 aromatic heterocycles. The number of nitrogens with zero attached hydrogens (tertiary/aromatic N) is 3. The van der Waals surface area contributed by atoms with Gasteiger partial charge in [0.25, 0.3) is 16.1 Å². The number of likely N-dealkylation sites (N-methyl/N-ethyl adjacent to an activating group) is 1. The Morgan fingerprint density at radius 1 is 1.11 bits per heavy atom. The van der Waals surface area contributed by atoms with E-state index in [0.29, 0.717) is 30.4 Å². The molecule has 1 saturated heterocycles. The van der Waals surface area contributed by atoms with Crippen molar-refractivity contribution in [1.82, 2.24) is 30.1 Å². The monoisotopic (exact) mass is 527 g/mol. The minimum atomic E-state index is -3.69. The molecule has 1 aromatic carbocycles. The first-order valence-corrected chi connectivity index (χ1v) is 14.7. The van der Waals surface area contributed by atoms with Crippen LogP contribution in [-0.4, -0.2) is 87.0 Å². The van der Waals surface area contributed by atoms with Crippen molar-refractivity contribution in [2.24, 2.45) is 0 Å². The Hall–Kier alpha value is -2.86. The maximum atomic E-state index is 12.6. The number of hydrogen-bond donors (Lipinski definition) is 4. The van der Waals surface area contributed by atoms with E-state index in [-0.39, 0.29) is 12.1 Å². The molecule has 2 fully saturated rings. The molecule has 1 unspecified atom stereocenters. The van der Waals surface area contributed by atoms with Crippen molar-refractivity contribution in [3.8, 4) is 0 Å². The van der Waals surface area contributed by atoms with E-state index in [9.17, 15) is 13.2 Å². The molecule has 0 radical (unpaired) electrons. The number of benzene rings is 1. The fourth-order valence-corrected chi connectivity index (χ4v) is 5.76. The van der Waals surface area contributed by atoms with Gasteiger partial charge < -0.3 is 20.4 Å². The SMILES string of the molecule is CCN1CCN(CCNS(=O)(=O)Nc2cccc(C3=CN4C=C(C(=O)NC5CCC5)C=CC4N3)c2)CC1. The second kappa shape index (κ2) is 11.3. The first-order chi connectivity index (χ1) is 17.9. The summed E-state index contributed by atoms with van der Waals surface area (Å²) in [7, 11) is -3.69. The van der Waals surface area contributed by atoms with Crippen molar-refractivity contribution in [3.05, 3.63) is 60.0 Å². The van der Waals surface area contributed by atoms with Gasteiger partial charge in [-0.3, -0.25) is 14.4 Å². The minimum absolute atomic E-state index is 0.0478. The van der Waals surface area contributed by atoms with Crippen molar-refractivity contribution >= 4 is 27.5 Å². The van der Waals surface area contributed by atoms with E-state index in [4.69, 9.17) is 0 Å². The molecule has 37 heavy (non-hydrogen) atoms. The molecule has 1 amide bonds. The highest BCUT2D eigenvalue weighted by atomic mass is 32.2. The van der Waals surface area contributed by atoms with Gasteiger partial charge in [0.2, 0.25) is 0 Å². The lowest BCUT2D eigenvalue weighted by Gasteiger charge is -2.33. The van der Waals surface area contributed by atoms with Gasteiger partial charge >= 0.3 is 0 Å². The van der Waals surface area contributed by atoms with Crippen LogP contribution in [-0.2, 0) is 15.0 Å². The predicted molar refractivity (Wildman–Crippen MR) is 145 cm³/mol. The number of rotatable bonds is 10. The largest absolute Gasteiger partial charge is 0.360 e. The zero-order valence-corrected chi connectivity index (χ0v) is 22.1. The third kappa shape index (κ3) is 6.53. The Labute approximate surface area is 219 Å². The topological polar surface area (TPSA) is 109 Å². The number of piperazine rings is 1. The highest BCUT2D eigenvalue weighted by Crippen LogP contribution is 2.27. The average molecular weight is 528 g/mol. The lowest BCUT2D eigenvalue weighted by Crippen LogP contribution is -2.48. The Balaban J connectivity index is 1.15. The number of fused-ring (bicyclic) bond motifs is 1. The zero-order valence-electron chi connectivity index (χ0n) is 21.3. The summed E-state index contributed by atoms with van der Waals surface area (Å²) in [6.07, 6.45) is 10.8. The number of anilines is 1. The van der Waals surface area contributed by atoms with Crippen LogP contribution in [0.4, 0.5) is 5.69 Å². The summed E-state index contributed by atoms with van der Waals surface area (Å²) in [5, 5.41) is 6.50. The van der Waals surface area contributed by atoms with E-state index in [1.165, 1.54) is 6.42 Å². The number of nitrogens with one attached hydrogen (secondary N) is 4. The number of hydrogen-bond acceptors (Lipinski definition) is 7. The molecule has 10 nitrogen and oxygen atoms in total. The van der Waals surface area contributed by atoms with E-state index in [1.54, 1.807) is 12.1 Å². The normalized spacial score (nSPS) is 22.5. The van der Waals surface area contributed by atoms with E-state index >= 15 is 0 Å². The Morgan fingerprint density at radius 2 is 1.89 bits per heavy atom. The van der Waals surface area contributed by atoms with Crippen LogP contribution in [0.15, 0.2) is 54.4 Å². The molecule has 1 atom stereocenters. The van der Waals surface area contributed by atoms with Gasteiger partial charge in [0, 0.05) is 63.3 Å². The molecule has 1 aromatic rings. The fraction of sp³-hybridized carbons (Fsp3) is 0.500. The van der Waals surface area contributed by atoms with Crippen molar-refractivity contribution in [1.29, 1.82) is 0 Å². The summed E-state index contributed by atoms with van der Waals surface area (Å²) in [6, 6.07) is 7.58. The molecule has 4 N–H and O–H groups in total. The standard InChI is InChI=1S/C26H37N7O3S/c1-2-31-13-15-32(16-14-31)12-11-27-37(35,36)30-23-8-3-5-20(17-23)24-19-33-18-21(9-10-25(33)29-24)26(34)28-22-6-4-7-22/h3,5,8-10,17-19,22,25,27,29-30H,2,4,6-7,11-16H2,1H3,(H,28,34). The molecule has 3 aliphatic heterocycles. The molecule has 1 aliphatic carbocycles. The molecule has 11 heteroatoms.